The van der Waals surface area contributed by atoms with E-state index in [1.54, 1.807) is 0 Å². The normalized spacial score (nSPS) is 21.1. The van der Waals surface area contributed by atoms with Gasteiger partial charge in [0.1, 0.15) is 6.04 Å². The Kier molecular flexibility index (Phi) is 3.29. The van der Waals surface area contributed by atoms with Crippen molar-refractivity contribution in [2.75, 3.05) is 11.4 Å². The largest absolute Gasteiger partial charge is 0.352 e. The molecule has 2 aliphatic rings. The lowest BCUT2D eigenvalue weighted by Crippen LogP contribution is -2.44. The number of rotatable bonds is 4. The van der Waals surface area contributed by atoms with Gasteiger partial charge in [0.05, 0.1) is 0 Å². The minimum absolute atomic E-state index is 0.0889. The predicted molar refractivity (Wildman–Crippen MR) is 81.3 cm³/mol. The SMILES string of the molecule is O=C(NC1CC1)[C@H]1CCCN1c1noc(-c2ccccc2)n1. The van der Waals surface area contributed by atoms with Gasteiger partial charge in [0.2, 0.25) is 5.91 Å². The second-order valence-electron chi connectivity index (χ2n) is 5.90. The zero-order valence-electron chi connectivity index (χ0n) is 12.2. The highest BCUT2D eigenvalue weighted by Gasteiger charge is 2.36. The van der Waals surface area contributed by atoms with Crippen LogP contribution in [0.4, 0.5) is 5.95 Å². The predicted octanol–water partition coefficient (Wildman–Crippen LogP) is 1.98. The minimum atomic E-state index is -0.179. The number of nitrogens with zero attached hydrogens (tertiary/aromatic N) is 3. The molecule has 2 aromatic rings. The van der Waals surface area contributed by atoms with E-state index in [1.807, 2.05) is 35.2 Å². The first-order valence-corrected chi connectivity index (χ1v) is 7.77. The number of nitrogens with one attached hydrogen (secondary N) is 1. The molecule has 2 heterocycles. The molecule has 2 fully saturated rings. The molecular formula is C16H18N4O2. The summed E-state index contributed by atoms with van der Waals surface area (Å²) < 4.78 is 5.35. The summed E-state index contributed by atoms with van der Waals surface area (Å²) in [5.41, 5.74) is 0.888. The summed E-state index contributed by atoms with van der Waals surface area (Å²) in [4.78, 5) is 18.7. The highest BCUT2D eigenvalue weighted by Crippen LogP contribution is 2.27. The van der Waals surface area contributed by atoms with Crippen molar-refractivity contribution in [3.05, 3.63) is 30.3 Å². The fourth-order valence-electron chi connectivity index (χ4n) is 2.83. The summed E-state index contributed by atoms with van der Waals surface area (Å²) in [7, 11) is 0. The fourth-order valence-corrected chi connectivity index (χ4v) is 2.83. The third-order valence-electron chi connectivity index (χ3n) is 4.17. The van der Waals surface area contributed by atoms with Crippen LogP contribution in [0.15, 0.2) is 34.9 Å². The van der Waals surface area contributed by atoms with Gasteiger partial charge in [-0.2, -0.15) is 4.98 Å². The Morgan fingerprint density at radius 3 is 2.82 bits per heavy atom. The van der Waals surface area contributed by atoms with Crippen LogP contribution in [-0.2, 0) is 4.79 Å². The van der Waals surface area contributed by atoms with Crippen molar-refractivity contribution in [3.8, 4) is 11.5 Å². The topological polar surface area (TPSA) is 71.3 Å². The number of benzene rings is 1. The van der Waals surface area contributed by atoms with E-state index in [0.29, 0.717) is 17.9 Å². The quantitative estimate of drug-likeness (QED) is 0.934. The van der Waals surface area contributed by atoms with E-state index in [-0.39, 0.29) is 11.9 Å². The van der Waals surface area contributed by atoms with Crippen LogP contribution in [0.1, 0.15) is 25.7 Å². The summed E-state index contributed by atoms with van der Waals surface area (Å²) in [6.07, 6.45) is 4.00. The molecule has 1 atom stereocenters. The molecule has 0 radical (unpaired) electrons. The Morgan fingerprint density at radius 2 is 2.05 bits per heavy atom. The Balaban J connectivity index is 1.53. The van der Waals surface area contributed by atoms with Crippen LogP contribution >= 0.6 is 0 Å². The number of carbonyl (C=O) groups excluding carboxylic acids is 1. The van der Waals surface area contributed by atoms with Gasteiger partial charge in [-0.1, -0.05) is 18.2 Å². The van der Waals surface area contributed by atoms with E-state index in [4.69, 9.17) is 4.52 Å². The van der Waals surface area contributed by atoms with E-state index in [2.05, 4.69) is 15.5 Å². The van der Waals surface area contributed by atoms with Crippen molar-refractivity contribution in [1.82, 2.24) is 15.5 Å². The summed E-state index contributed by atoms with van der Waals surface area (Å²) in [5, 5.41) is 7.13. The van der Waals surface area contributed by atoms with Gasteiger partial charge in [-0.15, -0.1) is 0 Å². The molecule has 0 spiro atoms. The van der Waals surface area contributed by atoms with Crippen molar-refractivity contribution in [2.45, 2.75) is 37.8 Å². The summed E-state index contributed by atoms with van der Waals surface area (Å²) in [5.74, 6) is 1.09. The molecule has 0 unspecified atom stereocenters. The first-order valence-electron chi connectivity index (χ1n) is 7.77. The molecular weight excluding hydrogens is 280 g/mol. The van der Waals surface area contributed by atoms with E-state index in [0.717, 1.165) is 37.8 Å². The highest BCUT2D eigenvalue weighted by molar-refractivity contribution is 5.85. The van der Waals surface area contributed by atoms with Crippen molar-refractivity contribution < 1.29 is 9.32 Å². The van der Waals surface area contributed by atoms with E-state index < -0.39 is 0 Å². The molecule has 1 aromatic heterocycles. The fraction of sp³-hybridized carbons (Fsp3) is 0.438. The molecule has 0 bridgehead atoms. The molecule has 1 aromatic carbocycles. The first-order chi connectivity index (χ1) is 10.8. The van der Waals surface area contributed by atoms with Gasteiger partial charge in [-0.3, -0.25) is 4.79 Å². The molecule has 1 aliphatic heterocycles. The monoisotopic (exact) mass is 298 g/mol. The Bertz CT molecular complexity index is 666. The number of hydrogen-bond acceptors (Lipinski definition) is 5. The van der Waals surface area contributed by atoms with Crippen LogP contribution in [0.25, 0.3) is 11.5 Å². The molecule has 4 rings (SSSR count). The van der Waals surface area contributed by atoms with Crippen LogP contribution in [0.2, 0.25) is 0 Å². The lowest BCUT2D eigenvalue weighted by molar-refractivity contribution is -0.122. The number of anilines is 1. The van der Waals surface area contributed by atoms with Gasteiger partial charge in [0.15, 0.2) is 0 Å². The minimum Gasteiger partial charge on any atom is -0.352 e. The maximum atomic E-state index is 12.3. The van der Waals surface area contributed by atoms with Gasteiger partial charge in [-0.25, -0.2) is 0 Å². The summed E-state index contributed by atoms with van der Waals surface area (Å²) >= 11 is 0. The van der Waals surface area contributed by atoms with Crippen LogP contribution in [-0.4, -0.2) is 34.7 Å². The zero-order valence-corrected chi connectivity index (χ0v) is 12.2. The molecule has 22 heavy (non-hydrogen) atoms. The van der Waals surface area contributed by atoms with E-state index in [1.165, 1.54) is 0 Å². The van der Waals surface area contributed by atoms with Crippen molar-refractivity contribution in [3.63, 3.8) is 0 Å². The third kappa shape index (κ3) is 2.56. The standard InChI is InChI=1S/C16H18N4O2/c21-14(17-12-8-9-12)13-7-4-10-20(13)16-18-15(22-19-16)11-5-2-1-3-6-11/h1-3,5-6,12-13H,4,7-10H2,(H,17,21)/t13-/m1/s1. The Labute approximate surface area is 128 Å². The molecule has 6 nitrogen and oxygen atoms in total. The number of hydrogen-bond donors (Lipinski definition) is 1. The lowest BCUT2D eigenvalue weighted by atomic mass is 10.2. The summed E-state index contributed by atoms with van der Waals surface area (Å²) in [6.45, 7) is 0.788. The van der Waals surface area contributed by atoms with E-state index >= 15 is 0 Å². The van der Waals surface area contributed by atoms with Gasteiger partial charge >= 0.3 is 0 Å². The zero-order chi connectivity index (χ0) is 14.9. The molecule has 114 valence electrons. The average molecular weight is 298 g/mol. The summed E-state index contributed by atoms with van der Waals surface area (Å²) in [6, 6.07) is 9.86. The molecule has 1 amide bonds. The molecule has 6 heteroatoms. The van der Waals surface area contributed by atoms with E-state index in [9.17, 15) is 4.79 Å². The third-order valence-corrected chi connectivity index (χ3v) is 4.17. The van der Waals surface area contributed by atoms with Crippen LogP contribution < -0.4 is 10.2 Å². The number of aromatic nitrogens is 2. The molecule has 1 saturated carbocycles. The maximum absolute atomic E-state index is 12.3. The number of carbonyl (C=O) groups is 1. The molecule has 1 N–H and O–H groups in total. The van der Waals surface area contributed by atoms with Crippen molar-refractivity contribution >= 4 is 11.9 Å². The van der Waals surface area contributed by atoms with Gasteiger partial charge in [0.25, 0.3) is 11.8 Å². The van der Waals surface area contributed by atoms with Gasteiger partial charge < -0.3 is 14.7 Å². The maximum Gasteiger partial charge on any atom is 0.267 e. The molecule has 1 saturated heterocycles. The van der Waals surface area contributed by atoms with Crippen molar-refractivity contribution in [2.24, 2.45) is 0 Å². The second-order valence-corrected chi connectivity index (χ2v) is 5.90. The van der Waals surface area contributed by atoms with Crippen LogP contribution in [0.5, 0.6) is 0 Å². The van der Waals surface area contributed by atoms with Crippen LogP contribution in [0.3, 0.4) is 0 Å². The highest BCUT2D eigenvalue weighted by atomic mass is 16.5. The second kappa shape index (κ2) is 5.44. The van der Waals surface area contributed by atoms with Gasteiger partial charge in [-0.05, 0) is 43.0 Å². The smallest absolute Gasteiger partial charge is 0.267 e. The first kappa shape index (κ1) is 13.3. The average Bonchev–Trinajstić information content (AvgIpc) is 3.06. The Hall–Kier alpha value is -2.37. The van der Waals surface area contributed by atoms with Gasteiger partial charge in [0, 0.05) is 18.2 Å². The molecule has 1 aliphatic carbocycles. The van der Waals surface area contributed by atoms with Crippen LogP contribution in [0, 0.1) is 0 Å². The van der Waals surface area contributed by atoms with Crippen molar-refractivity contribution in [1.29, 1.82) is 0 Å². The number of amides is 1. The lowest BCUT2D eigenvalue weighted by Gasteiger charge is -2.21. The Morgan fingerprint density at radius 1 is 1.23 bits per heavy atom.